The smallest absolute Gasteiger partial charge is 0.252 e. The summed E-state index contributed by atoms with van der Waals surface area (Å²) in [4.78, 5) is 23.0. The molecule has 0 aliphatic rings. The van der Waals surface area contributed by atoms with E-state index in [1.165, 1.54) is 11.3 Å². The molecule has 0 saturated heterocycles. The monoisotopic (exact) mass is 284 g/mol. The Labute approximate surface area is 117 Å². The first kappa shape index (κ1) is 15.7. The average Bonchev–Trinajstić information content (AvgIpc) is 2.88. The summed E-state index contributed by atoms with van der Waals surface area (Å²) >= 11 is 1.46. The molecule has 0 aromatic carbocycles. The number of hydrogen-bond donors (Lipinski definition) is 3. The molecule has 3 N–H and O–H groups in total. The Kier molecular flexibility index (Phi) is 7.14. The van der Waals surface area contributed by atoms with Gasteiger partial charge in [0.1, 0.15) is 0 Å². The lowest BCUT2D eigenvalue weighted by Gasteiger charge is -2.07. The summed E-state index contributed by atoms with van der Waals surface area (Å²) in [5.74, 6) is -0.237. The number of aliphatic hydroxyl groups is 1. The van der Waals surface area contributed by atoms with Crippen LogP contribution in [-0.2, 0) is 4.79 Å². The van der Waals surface area contributed by atoms with Crippen LogP contribution in [-0.4, -0.2) is 36.1 Å². The van der Waals surface area contributed by atoms with Crippen LogP contribution < -0.4 is 10.6 Å². The molecule has 0 radical (unpaired) electrons. The van der Waals surface area contributed by atoms with Crippen molar-refractivity contribution in [2.45, 2.75) is 32.3 Å². The lowest BCUT2D eigenvalue weighted by molar-refractivity contribution is -0.120. The highest BCUT2D eigenvalue weighted by Gasteiger charge is 2.06. The van der Waals surface area contributed by atoms with Gasteiger partial charge in [-0.15, -0.1) is 0 Å². The van der Waals surface area contributed by atoms with Crippen molar-refractivity contribution in [2.75, 3.05) is 13.1 Å². The minimum Gasteiger partial charge on any atom is -0.393 e. The van der Waals surface area contributed by atoms with Crippen LogP contribution in [0.25, 0.3) is 0 Å². The van der Waals surface area contributed by atoms with Crippen molar-refractivity contribution in [3.8, 4) is 0 Å². The van der Waals surface area contributed by atoms with Gasteiger partial charge in [-0.3, -0.25) is 9.59 Å². The zero-order chi connectivity index (χ0) is 14.1. The Bertz CT molecular complexity index is 391. The van der Waals surface area contributed by atoms with Crippen molar-refractivity contribution in [1.29, 1.82) is 0 Å². The molecule has 0 bridgehead atoms. The van der Waals surface area contributed by atoms with Crippen LogP contribution in [0.3, 0.4) is 0 Å². The maximum absolute atomic E-state index is 11.6. The van der Waals surface area contributed by atoms with Crippen LogP contribution >= 0.6 is 11.3 Å². The van der Waals surface area contributed by atoms with E-state index >= 15 is 0 Å². The van der Waals surface area contributed by atoms with E-state index in [-0.39, 0.29) is 24.3 Å². The number of nitrogens with one attached hydrogen (secondary N) is 2. The molecule has 5 nitrogen and oxygen atoms in total. The summed E-state index contributed by atoms with van der Waals surface area (Å²) < 4.78 is 0. The number of carbonyl (C=O) groups excluding carboxylic acids is 2. The van der Waals surface area contributed by atoms with Gasteiger partial charge in [0.25, 0.3) is 5.91 Å². The molecule has 1 unspecified atom stereocenters. The molecule has 0 aliphatic heterocycles. The molecule has 6 heteroatoms. The topological polar surface area (TPSA) is 78.4 Å². The molecule has 0 aliphatic carbocycles. The number of aliphatic hydroxyl groups excluding tert-OH is 1. The molecule has 19 heavy (non-hydrogen) atoms. The molecule has 0 fully saturated rings. The van der Waals surface area contributed by atoms with Crippen molar-refractivity contribution < 1.29 is 14.7 Å². The molecule has 1 heterocycles. The Morgan fingerprint density at radius 3 is 2.79 bits per heavy atom. The highest BCUT2D eigenvalue weighted by molar-refractivity contribution is 7.08. The van der Waals surface area contributed by atoms with E-state index in [9.17, 15) is 9.59 Å². The summed E-state index contributed by atoms with van der Waals surface area (Å²) in [5.41, 5.74) is 0.627. The minimum absolute atomic E-state index is 0.0868. The summed E-state index contributed by atoms with van der Waals surface area (Å²) in [6, 6.07) is 1.75. The van der Waals surface area contributed by atoms with E-state index in [0.29, 0.717) is 25.1 Å². The Balaban J connectivity index is 2.06. The average molecular weight is 284 g/mol. The summed E-state index contributed by atoms with van der Waals surface area (Å²) in [7, 11) is 0. The molecule has 1 aromatic heterocycles. The van der Waals surface area contributed by atoms with Crippen LogP contribution in [0.2, 0.25) is 0 Å². The van der Waals surface area contributed by atoms with Crippen LogP contribution in [0.15, 0.2) is 16.8 Å². The highest BCUT2D eigenvalue weighted by atomic mass is 32.1. The molecule has 1 rings (SSSR count). The third kappa shape index (κ3) is 6.93. The molecular formula is C13H20N2O3S. The van der Waals surface area contributed by atoms with Crippen LogP contribution in [0.1, 0.15) is 36.5 Å². The predicted octanol–water partition coefficient (Wildman–Crippen LogP) is 1.15. The second-order valence-electron chi connectivity index (χ2n) is 4.36. The van der Waals surface area contributed by atoms with E-state index in [1.54, 1.807) is 18.4 Å². The van der Waals surface area contributed by atoms with E-state index in [1.807, 2.05) is 5.38 Å². The predicted molar refractivity (Wildman–Crippen MR) is 75.2 cm³/mol. The fraction of sp³-hybridized carbons (Fsp3) is 0.538. The number of hydrogen-bond acceptors (Lipinski definition) is 4. The van der Waals surface area contributed by atoms with E-state index in [4.69, 9.17) is 5.11 Å². The van der Waals surface area contributed by atoms with Gasteiger partial charge in [-0.25, -0.2) is 0 Å². The first-order valence-corrected chi connectivity index (χ1v) is 7.29. The maximum Gasteiger partial charge on any atom is 0.252 e. The van der Waals surface area contributed by atoms with Crippen LogP contribution in [0.4, 0.5) is 0 Å². The van der Waals surface area contributed by atoms with Crippen molar-refractivity contribution in [3.05, 3.63) is 22.4 Å². The maximum atomic E-state index is 11.6. The molecule has 106 valence electrons. The van der Waals surface area contributed by atoms with Gasteiger partial charge in [0.05, 0.1) is 6.10 Å². The highest BCUT2D eigenvalue weighted by Crippen LogP contribution is 2.05. The van der Waals surface area contributed by atoms with Gasteiger partial charge >= 0.3 is 0 Å². The third-order valence-corrected chi connectivity index (χ3v) is 3.23. The Morgan fingerprint density at radius 1 is 1.37 bits per heavy atom. The lowest BCUT2D eigenvalue weighted by Crippen LogP contribution is -2.31. The zero-order valence-electron chi connectivity index (χ0n) is 11.0. The van der Waals surface area contributed by atoms with E-state index in [2.05, 4.69) is 10.6 Å². The van der Waals surface area contributed by atoms with Gasteiger partial charge < -0.3 is 15.7 Å². The van der Waals surface area contributed by atoms with Crippen molar-refractivity contribution in [2.24, 2.45) is 0 Å². The number of rotatable bonds is 8. The normalized spacial score (nSPS) is 11.9. The van der Waals surface area contributed by atoms with Crippen molar-refractivity contribution in [3.63, 3.8) is 0 Å². The molecule has 0 saturated carbocycles. The zero-order valence-corrected chi connectivity index (χ0v) is 11.8. The van der Waals surface area contributed by atoms with Crippen molar-refractivity contribution in [1.82, 2.24) is 10.6 Å². The standard InChI is InChI=1S/C13H20N2O3S/c1-10(16)3-2-6-14-12(17)4-7-15-13(18)11-5-8-19-9-11/h5,8-10,16H,2-4,6-7H2,1H3,(H,14,17)(H,15,18). The second-order valence-corrected chi connectivity index (χ2v) is 5.14. The largest absolute Gasteiger partial charge is 0.393 e. The van der Waals surface area contributed by atoms with Gasteiger partial charge in [-0.1, -0.05) is 0 Å². The first-order valence-electron chi connectivity index (χ1n) is 6.34. The van der Waals surface area contributed by atoms with Gasteiger partial charge in [0, 0.05) is 30.5 Å². The number of carbonyl (C=O) groups is 2. The Morgan fingerprint density at radius 2 is 2.16 bits per heavy atom. The number of amides is 2. The summed E-state index contributed by atoms with van der Waals surface area (Å²) in [6.07, 6.45) is 1.37. The summed E-state index contributed by atoms with van der Waals surface area (Å²) in [6.45, 7) is 2.61. The molecular weight excluding hydrogens is 264 g/mol. The van der Waals surface area contributed by atoms with Gasteiger partial charge in [-0.05, 0) is 31.2 Å². The second kappa shape index (κ2) is 8.66. The molecule has 1 aromatic rings. The van der Waals surface area contributed by atoms with Gasteiger partial charge in [0.2, 0.25) is 5.91 Å². The van der Waals surface area contributed by atoms with E-state index in [0.717, 1.165) is 6.42 Å². The van der Waals surface area contributed by atoms with E-state index < -0.39 is 0 Å². The van der Waals surface area contributed by atoms with Crippen molar-refractivity contribution >= 4 is 23.2 Å². The quantitative estimate of drug-likeness (QED) is 0.627. The van der Waals surface area contributed by atoms with Crippen LogP contribution in [0, 0.1) is 0 Å². The molecule has 1 atom stereocenters. The number of thiophene rings is 1. The fourth-order valence-electron chi connectivity index (χ4n) is 1.50. The fourth-order valence-corrected chi connectivity index (χ4v) is 2.13. The van der Waals surface area contributed by atoms with Gasteiger partial charge in [-0.2, -0.15) is 11.3 Å². The SMILES string of the molecule is CC(O)CCCNC(=O)CCNC(=O)c1ccsc1. The summed E-state index contributed by atoms with van der Waals surface area (Å²) in [5, 5.41) is 18.1. The first-order chi connectivity index (χ1) is 9.09. The minimum atomic E-state index is -0.332. The lowest BCUT2D eigenvalue weighted by atomic mass is 10.2. The third-order valence-electron chi connectivity index (χ3n) is 2.54. The molecule has 0 spiro atoms. The van der Waals surface area contributed by atoms with Gasteiger partial charge in [0.15, 0.2) is 0 Å². The molecule has 2 amide bonds. The van der Waals surface area contributed by atoms with Crippen LogP contribution in [0.5, 0.6) is 0 Å². The Hall–Kier alpha value is -1.40.